The van der Waals surface area contributed by atoms with Gasteiger partial charge in [-0.1, -0.05) is 39.0 Å². The predicted molar refractivity (Wildman–Crippen MR) is 61.7 cm³/mol. The van der Waals surface area contributed by atoms with Crippen LogP contribution in [0.25, 0.3) is 0 Å². The molecule has 0 fully saturated rings. The molecule has 0 N–H and O–H groups in total. The summed E-state index contributed by atoms with van der Waals surface area (Å²) in [5.74, 6) is 1.46. The van der Waals surface area contributed by atoms with Gasteiger partial charge < -0.3 is 0 Å². The first-order chi connectivity index (χ1) is 6.70. The number of hydrogen-bond donors (Lipinski definition) is 0. The first kappa shape index (κ1) is 9.76. The van der Waals surface area contributed by atoms with Crippen LogP contribution in [-0.4, -0.2) is 0 Å². The first-order valence-corrected chi connectivity index (χ1v) is 5.81. The fraction of sp³-hybridized carbons (Fsp3) is 0.571. The van der Waals surface area contributed by atoms with Crippen molar-refractivity contribution in [1.29, 1.82) is 0 Å². The minimum Gasteiger partial charge on any atom is -0.0622 e. The van der Waals surface area contributed by atoms with Gasteiger partial charge in [0.05, 0.1) is 0 Å². The molecule has 0 radical (unpaired) electrons. The molecule has 0 heterocycles. The van der Waals surface area contributed by atoms with Crippen molar-refractivity contribution in [1.82, 2.24) is 0 Å². The summed E-state index contributed by atoms with van der Waals surface area (Å²) in [7, 11) is 0. The summed E-state index contributed by atoms with van der Waals surface area (Å²) in [6, 6.07) is 6.87. The summed E-state index contributed by atoms with van der Waals surface area (Å²) in [5.41, 5.74) is 4.87. The third kappa shape index (κ3) is 1.58. The molecule has 0 unspecified atom stereocenters. The van der Waals surface area contributed by atoms with E-state index < -0.39 is 0 Å². The summed E-state index contributed by atoms with van der Waals surface area (Å²) < 4.78 is 0. The third-order valence-electron chi connectivity index (χ3n) is 3.67. The quantitative estimate of drug-likeness (QED) is 0.659. The van der Waals surface area contributed by atoms with Crippen LogP contribution in [0.4, 0.5) is 0 Å². The van der Waals surface area contributed by atoms with Gasteiger partial charge in [-0.05, 0) is 47.8 Å². The van der Waals surface area contributed by atoms with Crippen LogP contribution in [0.1, 0.15) is 49.8 Å². The van der Waals surface area contributed by atoms with Gasteiger partial charge in [0.2, 0.25) is 0 Å². The molecule has 1 aromatic rings. The second kappa shape index (κ2) is 3.76. The molecule has 0 bridgehead atoms. The van der Waals surface area contributed by atoms with Crippen LogP contribution in [0.2, 0.25) is 0 Å². The SMILES string of the molecule is CC(C)[C@@H](C)c1cccc2c1CCC2. The number of rotatable bonds is 2. The maximum Gasteiger partial charge on any atom is -0.0164 e. The lowest BCUT2D eigenvalue weighted by Gasteiger charge is -2.19. The highest BCUT2D eigenvalue weighted by molar-refractivity contribution is 5.40. The van der Waals surface area contributed by atoms with E-state index in [2.05, 4.69) is 39.0 Å². The van der Waals surface area contributed by atoms with Crippen LogP contribution in [0.15, 0.2) is 18.2 Å². The molecule has 0 saturated carbocycles. The van der Waals surface area contributed by atoms with Crippen molar-refractivity contribution in [2.75, 3.05) is 0 Å². The summed E-state index contributed by atoms with van der Waals surface area (Å²) in [6.45, 7) is 7.00. The van der Waals surface area contributed by atoms with Crippen molar-refractivity contribution < 1.29 is 0 Å². The Kier molecular flexibility index (Phi) is 2.62. The second-order valence-electron chi connectivity index (χ2n) is 4.87. The summed E-state index contributed by atoms with van der Waals surface area (Å²) in [5, 5.41) is 0. The van der Waals surface area contributed by atoms with Crippen molar-refractivity contribution >= 4 is 0 Å². The zero-order valence-electron chi connectivity index (χ0n) is 9.51. The lowest BCUT2D eigenvalue weighted by Crippen LogP contribution is -2.05. The number of hydrogen-bond acceptors (Lipinski definition) is 0. The average Bonchev–Trinajstić information content (AvgIpc) is 2.63. The van der Waals surface area contributed by atoms with Crippen LogP contribution in [0, 0.1) is 5.92 Å². The Hall–Kier alpha value is -0.780. The molecule has 1 aliphatic carbocycles. The molecule has 1 aromatic carbocycles. The lowest BCUT2D eigenvalue weighted by atomic mass is 9.86. The standard InChI is InChI=1S/C14H20/c1-10(2)11(3)13-8-4-6-12-7-5-9-14(12)13/h4,6,8,10-11H,5,7,9H2,1-3H3/t11-/m1/s1. The molecular weight excluding hydrogens is 168 g/mol. The number of benzene rings is 1. The normalized spacial score (nSPS) is 17.1. The highest BCUT2D eigenvalue weighted by Gasteiger charge is 2.19. The van der Waals surface area contributed by atoms with Gasteiger partial charge in [0.1, 0.15) is 0 Å². The van der Waals surface area contributed by atoms with Crippen LogP contribution in [0.3, 0.4) is 0 Å². The van der Waals surface area contributed by atoms with Gasteiger partial charge in [0.25, 0.3) is 0 Å². The molecule has 0 aliphatic heterocycles. The van der Waals surface area contributed by atoms with Gasteiger partial charge in [-0.2, -0.15) is 0 Å². The van der Waals surface area contributed by atoms with Gasteiger partial charge in [-0.3, -0.25) is 0 Å². The highest BCUT2D eigenvalue weighted by Crippen LogP contribution is 2.33. The Morgan fingerprint density at radius 3 is 2.57 bits per heavy atom. The summed E-state index contributed by atoms with van der Waals surface area (Å²) >= 11 is 0. The Labute approximate surface area is 87.3 Å². The summed E-state index contributed by atoms with van der Waals surface area (Å²) in [4.78, 5) is 0. The molecule has 0 spiro atoms. The second-order valence-corrected chi connectivity index (χ2v) is 4.87. The molecule has 1 aliphatic rings. The highest BCUT2D eigenvalue weighted by atomic mass is 14.2. The van der Waals surface area contributed by atoms with E-state index >= 15 is 0 Å². The van der Waals surface area contributed by atoms with E-state index in [1.54, 1.807) is 16.7 Å². The first-order valence-electron chi connectivity index (χ1n) is 5.81. The van der Waals surface area contributed by atoms with Gasteiger partial charge >= 0.3 is 0 Å². The molecule has 0 aromatic heterocycles. The van der Waals surface area contributed by atoms with Crippen LogP contribution < -0.4 is 0 Å². The smallest absolute Gasteiger partial charge is 0.0164 e. The van der Waals surface area contributed by atoms with E-state index in [4.69, 9.17) is 0 Å². The van der Waals surface area contributed by atoms with Crippen molar-refractivity contribution in [2.24, 2.45) is 5.92 Å². The lowest BCUT2D eigenvalue weighted by molar-refractivity contribution is 0.532. The molecule has 2 rings (SSSR count). The predicted octanol–water partition coefficient (Wildman–Crippen LogP) is 3.93. The van der Waals surface area contributed by atoms with Gasteiger partial charge in [-0.15, -0.1) is 0 Å². The Bertz CT molecular complexity index is 323. The Morgan fingerprint density at radius 2 is 1.86 bits per heavy atom. The van der Waals surface area contributed by atoms with Gasteiger partial charge in [-0.25, -0.2) is 0 Å². The molecule has 76 valence electrons. The van der Waals surface area contributed by atoms with E-state index in [9.17, 15) is 0 Å². The average molecular weight is 188 g/mol. The van der Waals surface area contributed by atoms with Crippen molar-refractivity contribution in [2.45, 2.75) is 46.0 Å². The van der Waals surface area contributed by atoms with Gasteiger partial charge in [0.15, 0.2) is 0 Å². The molecule has 1 atom stereocenters. The minimum absolute atomic E-state index is 0.711. The molecule has 0 nitrogen and oxygen atoms in total. The zero-order valence-corrected chi connectivity index (χ0v) is 9.51. The topological polar surface area (TPSA) is 0 Å². The van der Waals surface area contributed by atoms with E-state index in [1.807, 2.05) is 0 Å². The molecule has 0 amide bonds. The fourth-order valence-corrected chi connectivity index (χ4v) is 2.43. The van der Waals surface area contributed by atoms with Crippen molar-refractivity contribution in [3.63, 3.8) is 0 Å². The zero-order chi connectivity index (χ0) is 10.1. The maximum absolute atomic E-state index is 2.36. The fourth-order valence-electron chi connectivity index (χ4n) is 2.43. The Balaban J connectivity index is 2.39. The van der Waals surface area contributed by atoms with Crippen LogP contribution in [-0.2, 0) is 12.8 Å². The largest absolute Gasteiger partial charge is 0.0622 e. The van der Waals surface area contributed by atoms with E-state index in [-0.39, 0.29) is 0 Å². The van der Waals surface area contributed by atoms with Crippen LogP contribution >= 0.6 is 0 Å². The minimum atomic E-state index is 0.711. The summed E-state index contributed by atoms with van der Waals surface area (Å²) in [6.07, 6.45) is 3.97. The van der Waals surface area contributed by atoms with E-state index in [1.165, 1.54) is 19.3 Å². The third-order valence-corrected chi connectivity index (χ3v) is 3.67. The van der Waals surface area contributed by atoms with Gasteiger partial charge in [0, 0.05) is 0 Å². The van der Waals surface area contributed by atoms with Crippen molar-refractivity contribution in [3.8, 4) is 0 Å². The number of fused-ring (bicyclic) bond motifs is 1. The monoisotopic (exact) mass is 188 g/mol. The molecule has 14 heavy (non-hydrogen) atoms. The van der Waals surface area contributed by atoms with E-state index in [0.717, 1.165) is 5.92 Å². The van der Waals surface area contributed by atoms with Crippen molar-refractivity contribution in [3.05, 3.63) is 34.9 Å². The van der Waals surface area contributed by atoms with E-state index in [0.29, 0.717) is 5.92 Å². The molecule has 0 heteroatoms. The molecular formula is C14H20. The maximum atomic E-state index is 2.36. The molecule has 0 saturated heterocycles. The Morgan fingerprint density at radius 1 is 1.07 bits per heavy atom. The number of aryl methyl sites for hydroxylation is 1. The van der Waals surface area contributed by atoms with Crippen LogP contribution in [0.5, 0.6) is 0 Å².